The summed E-state index contributed by atoms with van der Waals surface area (Å²) in [4.78, 5) is 7.07. The Hall–Kier alpha value is -2.20. The second-order valence-corrected chi connectivity index (χ2v) is 4.62. The SMILES string of the molecule is c1ccc2[nH]cnc2c1.c1ccc2sncc2c1. The predicted molar refractivity (Wildman–Crippen MR) is 75.7 cm³/mol. The average Bonchev–Trinajstić information content (AvgIpc) is 3.08. The molecule has 0 saturated carbocycles. The lowest BCUT2D eigenvalue weighted by Gasteiger charge is -1.81. The molecule has 0 atom stereocenters. The molecule has 0 aliphatic carbocycles. The number of rotatable bonds is 0. The molecule has 4 aromatic rings. The summed E-state index contributed by atoms with van der Waals surface area (Å²) in [5, 5.41) is 1.24. The summed E-state index contributed by atoms with van der Waals surface area (Å²) in [6.45, 7) is 0. The third kappa shape index (κ3) is 2.24. The lowest BCUT2D eigenvalue weighted by atomic mass is 10.3. The van der Waals surface area contributed by atoms with Crippen molar-refractivity contribution in [1.82, 2.24) is 14.3 Å². The number of para-hydroxylation sites is 2. The van der Waals surface area contributed by atoms with Crippen LogP contribution in [0.1, 0.15) is 0 Å². The highest BCUT2D eigenvalue weighted by atomic mass is 32.1. The van der Waals surface area contributed by atoms with Gasteiger partial charge in [0.2, 0.25) is 0 Å². The fraction of sp³-hybridized carbons (Fsp3) is 0. The Morgan fingerprint density at radius 3 is 2.67 bits per heavy atom. The minimum absolute atomic E-state index is 1.03. The molecule has 4 rings (SSSR count). The molecule has 2 aromatic heterocycles. The van der Waals surface area contributed by atoms with Crippen LogP contribution in [0.3, 0.4) is 0 Å². The molecule has 0 saturated heterocycles. The zero-order valence-electron chi connectivity index (χ0n) is 9.58. The van der Waals surface area contributed by atoms with E-state index >= 15 is 0 Å². The van der Waals surface area contributed by atoms with Gasteiger partial charge in [-0.1, -0.05) is 30.3 Å². The topological polar surface area (TPSA) is 41.6 Å². The Balaban J connectivity index is 0.000000111. The smallest absolute Gasteiger partial charge is 0.0931 e. The van der Waals surface area contributed by atoms with Gasteiger partial charge in [0.25, 0.3) is 0 Å². The number of nitrogens with zero attached hydrogens (tertiary/aromatic N) is 2. The zero-order valence-corrected chi connectivity index (χ0v) is 10.4. The summed E-state index contributed by atoms with van der Waals surface area (Å²) in [6, 6.07) is 16.1. The third-order valence-electron chi connectivity index (χ3n) is 2.59. The van der Waals surface area contributed by atoms with Gasteiger partial charge in [-0.3, -0.25) is 0 Å². The number of H-pyrrole nitrogens is 1. The van der Waals surface area contributed by atoms with Crippen LogP contribution in [0.5, 0.6) is 0 Å². The molecule has 0 amide bonds. The first-order valence-electron chi connectivity index (χ1n) is 5.61. The van der Waals surface area contributed by atoms with E-state index in [-0.39, 0.29) is 0 Å². The molecular weight excluding hydrogens is 242 g/mol. The Bertz CT molecular complexity index is 631. The summed E-state index contributed by atoms with van der Waals surface area (Å²) < 4.78 is 5.30. The number of nitrogens with one attached hydrogen (secondary N) is 1. The molecular formula is C14H11N3S. The number of benzene rings is 2. The highest BCUT2D eigenvalue weighted by molar-refractivity contribution is 7.13. The quantitative estimate of drug-likeness (QED) is 0.517. The van der Waals surface area contributed by atoms with E-state index in [4.69, 9.17) is 0 Å². The van der Waals surface area contributed by atoms with Crippen LogP contribution in [0, 0.1) is 0 Å². The first-order chi connectivity index (χ1) is 8.93. The molecule has 0 spiro atoms. The summed E-state index contributed by atoms with van der Waals surface area (Å²) in [6.07, 6.45) is 3.59. The molecule has 18 heavy (non-hydrogen) atoms. The summed E-state index contributed by atoms with van der Waals surface area (Å²) in [7, 11) is 0. The van der Waals surface area contributed by atoms with Gasteiger partial charge in [0.05, 0.1) is 22.1 Å². The van der Waals surface area contributed by atoms with E-state index in [0.29, 0.717) is 0 Å². The second kappa shape index (κ2) is 4.98. The van der Waals surface area contributed by atoms with E-state index in [1.54, 1.807) is 6.33 Å². The van der Waals surface area contributed by atoms with Crippen LogP contribution in [0.2, 0.25) is 0 Å². The number of fused-ring (bicyclic) bond motifs is 2. The molecule has 0 fully saturated rings. The van der Waals surface area contributed by atoms with Gasteiger partial charge >= 0.3 is 0 Å². The van der Waals surface area contributed by atoms with Crippen LogP contribution < -0.4 is 0 Å². The summed E-state index contributed by atoms with van der Waals surface area (Å²) in [5.41, 5.74) is 2.12. The molecule has 0 aliphatic rings. The molecule has 2 aromatic carbocycles. The van der Waals surface area contributed by atoms with Gasteiger partial charge in [-0.25, -0.2) is 4.98 Å². The largest absolute Gasteiger partial charge is 0.345 e. The van der Waals surface area contributed by atoms with Gasteiger partial charge in [0, 0.05) is 11.6 Å². The van der Waals surface area contributed by atoms with E-state index < -0.39 is 0 Å². The first-order valence-corrected chi connectivity index (χ1v) is 6.38. The minimum Gasteiger partial charge on any atom is -0.345 e. The average molecular weight is 253 g/mol. The second-order valence-electron chi connectivity index (χ2n) is 3.78. The molecule has 0 aliphatic heterocycles. The maximum Gasteiger partial charge on any atom is 0.0931 e. The molecule has 1 N–H and O–H groups in total. The van der Waals surface area contributed by atoms with Crippen LogP contribution in [0.15, 0.2) is 61.1 Å². The van der Waals surface area contributed by atoms with Crippen molar-refractivity contribution in [2.24, 2.45) is 0 Å². The van der Waals surface area contributed by atoms with Crippen molar-refractivity contribution < 1.29 is 0 Å². The Labute approximate surface area is 108 Å². The van der Waals surface area contributed by atoms with Gasteiger partial charge in [0.1, 0.15) is 0 Å². The minimum atomic E-state index is 1.03. The summed E-state index contributed by atoms with van der Waals surface area (Å²) >= 11 is 1.54. The highest BCUT2D eigenvalue weighted by Crippen LogP contribution is 2.15. The third-order valence-corrected chi connectivity index (χ3v) is 3.37. The highest BCUT2D eigenvalue weighted by Gasteiger charge is 1.89. The van der Waals surface area contributed by atoms with Crippen molar-refractivity contribution in [2.45, 2.75) is 0 Å². The predicted octanol–water partition coefficient (Wildman–Crippen LogP) is 3.86. The Morgan fingerprint density at radius 1 is 0.944 bits per heavy atom. The van der Waals surface area contributed by atoms with E-state index in [1.807, 2.05) is 42.6 Å². The molecule has 88 valence electrons. The maximum absolute atomic E-state index is 4.06. The fourth-order valence-corrected chi connectivity index (χ4v) is 2.34. The van der Waals surface area contributed by atoms with Crippen LogP contribution in [0.4, 0.5) is 0 Å². The van der Waals surface area contributed by atoms with Gasteiger partial charge < -0.3 is 4.98 Å². The van der Waals surface area contributed by atoms with Crippen molar-refractivity contribution in [3.63, 3.8) is 0 Å². The number of imidazole rings is 1. The zero-order chi connectivity index (χ0) is 12.2. The fourth-order valence-electron chi connectivity index (χ4n) is 1.69. The van der Waals surface area contributed by atoms with E-state index in [1.165, 1.54) is 21.6 Å². The van der Waals surface area contributed by atoms with E-state index in [2.05, 4.69) is 26.5 Å². The van der Waals surface area contributed by atoms with E-state index in [9.17, 15) is 0 Å². The van der Waals surface area contributed by atoms with Gasteiger partial charge in [0.15, 0.2) is 0 Å². The first kappa shape index (κ1) is 10.9. The standard InChI is InChI=1S/C7H6N2.C7H5NS/c1-2-4-7-6(3-1)8-5-9-7;1-2-4-7-6(3-1)5-8-9-7/h1-5H,(H,8,9);1-5H. The Morgan fingerprint density at radius 2 is 1.78 bits per heavy atom. The van der Waals surface area contributed by atoms with Gasteiger partial charge in [-0.05, 0) is 29.7 Å². The van der Waals surface area contributed by atoms with Crippen LogP contribution in [-0.4, -0.2) is 14.3 Å². The number of hydrogen-bond donors (Lipinski definition) is 1. The summed E-state index contributed by atoms with van der Waals surface area (Å²) in [5.74, 6) is 0. The van der Waals surface area contributed by atoms with Crippen LogP contribution >= 0.6 is 11.5 Å². The normalized spacial score (nSPS) is 10.2. The lowest BCUT2D eigenvalue weighted by Crippen LogP contribution is -1.63. The molecule has 0 radical (unpaired) electrons. The Kier molecular flexibility index (Phi) is 3.02. The van der Waals surface area contributed by atoms with Crippen molar-refractivity contribution in [3.8, 4) is 0 Å². The molecule has 2 heterocycles. The monoisotopic (exact) mass is 253 g/mol. The molecule has 0 bridgehead atoms. The lowest BCUT2D eigenvalue weighted by molar-refractivity contribution is 1.34. The number of aromatic nitrogens is 3. The van der Waals surface area contributed by atoms with Crippen molar-refractivity contribution in [3.05, 3.63) is 61.1 Å². The van der Waals surface area contributed by atoms with Crippen LogP contribution in [-0.2, 0) is 0 Å². The molecule has 4 heteroatoms. The maximum atomic E-state index is 4.06. The van der Waals surface area contributed by atoms with Crippen molar-refractivity contribution in [2.75, 3.05) is 0 Å². The van der Waals surface area contributed by atoms with E-state index in [0.717, 1.165) is 11.0 Å². The molecule has 0 unspecified atom stereocenters. The van der Waals surface area contributed by atoms with Crippen LogP contribution in [0.25, 0.3) is 21.1 Å². The number of aromatic amines is 1. The molecule has 3 nitrogen and oxygen atoms in total. The number of hydrogen-bond acceptors (Lipinski definition) is 3. The van der Waals surface area contributed by atoms with Gasteiger partial charge in [-0.15, -0.1) is 0 Å². The van der Waals surface area contributed by atoms with Gasteiger partial charge in [-0.2, -0.15) is 4.37 Å². The van der Waals surface area contributed by atoms with Crippen molar-refractivity contribution >= 4 is 32.7 Å². The van der Waals surface area contributed by atoms with Crippen molar-refractivity contribution in [1.29, 1.82) is 0 Å².